The van der Waals surface area contributed by atoms with Crippen LogP contribution in [0.5, 0.6) is 5.75 Å². The molecule has 0 aliphatic carbocycles. The molecule has 0 spiro atoms. The zero-order valence-electron chi connectivity index (χ0n) is 9.48. The summed E-state index contributed by atoms with van der Waals surface area (Å²) in [4.78, 5) is 0. The third kappa shape index (κ3) is 2.48. The first kappa shape index (κ1) is 11.1. The van der Waals surface area contributed by atoms with Gasteiger partial charge < -0.3 is 10.1 Å². The predicted molar refractivity (Wildman–Crippen MR) is 60.1 cm³/mol. The second kappa shape index (κ2) is 5.01. The molecule has 0 atom stereocenters. The molecule has 1 aromatic rings. The minimum Gasteiger partial charge on any atom is -0.496 e. The molecule has 0 amide bonds. The number of benzene rings is 1. The van der Waals surface area contributed by atoms with Gasteiger partial charge in [0.1, 0.15) is 5.75 Å². The zero-order chi connectivity index (χ0) is 10.6. The maximum Gasteiger partial charge on any atom is 0.125 e. The van der Waals surface area contributed by atoms with Gasteiger partial charge in [-0.3, -0.25) is 0 Å². The van der Waals surface area contributed by atoms with Crippen LogP contribution in [0.1, 0.15) is 16.7 Å². The number of rotatable bonds is 4. The molecular formula is C12H19NO. The van der Waals surface area contributed by atoms with Crippen LogP contribution in [0.4, 0.5) is 0 Å². The first-order valence-corrected chi connectivity index (χ1v) is 4.97. The first-order valence-electron chi connectivity index (χ1n) is 4.97. The SMILES string of the molecule is CNCCc1cc(C)cc(C)c1OC. The fourth-order valence-electron chi connectivity index (χ4n) is 1.78. The van der Waals surface area contributed by atoms with E-state index in [2.05, 4.69) is 31.3 Å². The minimum atomic E-state index is 0.985. The van der Waals surface area contributed by atoms with Crippen molar-refractivity contribution in [3.63, 3.8) is 0 Å². The molecule has 1 rings (SSSR count). The van der Waals surface area contributed by atoms with E-state index < -0.39 is 0 Å². The van der Waals surface area contributed by atoms with Crippen LogP contribution in [-0.2, 0) is 6.42 Å². The average Bonchev–Trinajstić information content (AvgIpc) is 2.14. The highest BCUT2D eigenvalue weighted by atomic mass is 16.5. The first-order chi connectivity index (χ1) is 6.69. The van der Waals surface area contributed by atoms with E-state index in [4.69, 9.17) is 4.74 Å². The van der Waals surface area contributed by atoms with Gasteiger partial charge in [0.15, 0.2) is 0 Å². The van der Waals surface area contributed by atoms with Crippen LogP contribution in [0.3, 0.4) is 0 Å². The normalized spacial score (nSPS) is 10.3. The molecule has 1 N–H and O–H groups in total. The van der Waals surface area contributed by atoms with Crippen molar-refractivity contribution in [2.24, 2.45) is 0 Å². The Bertz CT molecular complexity index is 307. The molecule has 0 saturated heterocycles. The molecule has 2 heteroatoms. The molecule has 0 bridgehead atoms. The third-order valence-electron chi connectivity index (χ3n) is 2.34. The molecule has 78 valence electrons. The van der Waals surface area contributed by atoms with Crippen LogP contribution in [0, 0.1) is 13.8 Å². The van der Waals surface area contributed by atoms with Crippen molar-refractivity contribution in [1.82, 2.24) is 5.32 Å². The van der Waals surface area contributed by atoms with E-state index in [-0.39, 0.29) is 0 Å². The highest BCUT2D eigenvalue weighted by Crippen LogP contribution is 2.25. The average molecular weight is 193 g/mol. The summed E-state index contributed by atoms with van der Waals surface area (Å²) in [6.45, 7) is 5.20. The van der Waals surface area contributed by atoms with Crippen LogP contribution in [0.2, 0.25) is 0 Å². The monoisotopic (exact) mass is 193 g/mol. The van der Waals surface area contributed by atoms with Crippen molar-refractivity contribution in [3.8, 4) is 5.75 Å². The second-order valence-electron chi connectivity index (χ2n) is 3.63. The van der Waals surface area contributed by atoms with Crippen molar-refractivity contribution in [2.45, 2.75) is 20.3 Å². The molecule has 0 fully saturated rings. The Morgan fingerprint density at radius 1 is 1.29 bits per heavy atom. The zero-order valence-corrected chi connectivity index (χ0v) is 9.48. The van der Waals surface area contributed by atoms with Gasteiger partial charge >= 0.3 is 0 Å². The van der Waals surface area contributed by atoms with E-state index in [0.717, 1.165) is 18.7 Å². The Balaban J connectivity index is 2.99. The van der Waals surface area contributed by atoms with Crippen molar-refractivity contribution >= 4 is 0 Å². The molecule has 0 radical (unpaired) electrons. The van der Waals surface area contributed by atoms with Gasteiger partial charge in [0.05, 0.1) is 7.11 Å². The molecule has 0 aromatic heterocycles. The van der Waals surface area contributed by atoms with Gasteiger partial charge in [0, 0.05) is 0 Å². The lowest BCUT2D eigenvalue weighted by Crippen LogP contribution is -2.11. The van der Waals surface area contributed by atoms with Gasteiger partial charge in [0.2, 0.25) is 0 Å². The number of aryl methyl sites for hydroxylation is 2. The van der Waals surface area contributed by atoms with Crippen LogP contribution in [0.15, 0.2) is 12.1 Å². The lowest BCUT2D eigenvalue weighted by Gasteiger charge is -2.12. The molecule has 1 aromatic carbocycles. The quantitative estimate of drug-likeness (QED) is 0.790. The summed E-state index contributed by atoms with van der Waals surface area (Å²) in [6, 6.07) is 4.35. The topological polar surface area (TPSA) is 21.3 Å². The van der Waals surface area contributed by atoms with E-state index in [1.165, 1.54) is 16.7 Å². The summed E-state index contributed by atoms with van der Waals surface area (Å²) >= 11 is 0. The highest BCUT2D eigenvalue weighted by molar-refractivity contribution is 5.43. The summed E-state index contributed by atoms with van der Waals surface area (Å²) < 4.78 is 5.40. The largest absolute Gasteiger partial charge is 0.496 e. The highest BCUT2D eigenvalue weighted by Gasteiger charge is 2.06. The smallest absolute Gasteiger partial charge is 0.125 e. The van der Waals surface area contributed by atoms with Crippen molar-refractivity contribution in [1.29, 1.82) is 0 Å². The summed E-state index contributed by atoms with van der Waals surface area (Å²) in [7, 11) is 3.70. The number of nitrogens with one attached hydrogen (secondary N) is 1. The van der Waals surface area contributed by atoms with E-state index in [1.807, 2.05) is 7.05 Å². The van der Waals surface area contributed by atoms with Gasteiger partial charge in [-0.15, -0.1) is 0 Å². The number of ether oxygens (including phenoxy) is 1. The Kier molecular flexibility index (Phi) is 3.96. The summed E-state index contributed by atoms with van der Waals surface area (Å²) in [5.41, 5.74) is 3.81. The van der Waals surface area contributed by atoms with Gasteiger partial charge in [0.25, 0.3) is 0 Å². The van der Waals surface area contributed by atoms with Gasteiger partial charge in [-0.25, -0.2) is 0 Å². The Morgan fingerprint density at radius 2 is 2.00 bits per heavy atom. The van der Waals surface area contributed by atoms with Crippen LogP contribution in [0.25, 0.3) is 0 Å². The molecular weight excluding hydrogens is 174 g/mol. The van der Waals surface area contributed by atoms with Crippen LogP contribution in [-0.4, -0.2) is 20.7 Å². The van der Waals surface area contributed by atoms with E-state index >= 15 is 0 Å². The fraction of sp³-hybridized carbons (Fsp3) is 0.500. The summed E-state index contributed by atoms with van der Waals surface area (Å²) in [6.07, 6.45) is 1.02. The molecule has 14 heavy (non-hydrogen) atoms. The van der Waals surface area contributed by atoms with Crippen molar-refractivity contribution in [2.75, 3.05) is 20.7 Å². The standard InChI is InChI=1S/C12H19NO/c1-9-7-10(2)12(14-4)11(8-9)5-6-13-3/h7-8,13H,5-6H2,1-4H3. The van der Waals surface area contributed by atoms with Gasteiger partial charge in [-0.1, -0.05) is 17.7 Å². The Labute approximate surface area is 86.3 Å². The summed E-state index contributed by atoms with van der Waals surface area (Å²) in [5, 5.41) is 3.15. The lowest BCUT2D eigenvalue weighted by molar-refractivity contribution is 0.406. The molecule has 0 aliphatic rings. The van der Waals surface area contributed by atoms with E-state index in [9.17, 15) is 0 Å². The van der Waals surface area contributed by atoms with E-state index in [0.29, 0.717) is 0 Å². The number of hydrogen-bond donors (Lipinski definition) is 1. The maximum absolute atomic E-state index is 5.40. The van der Waals surface area contributed by atoms with Gasteiger partial charge in [-0.05, 0) is 45.0 Å². The predicted octanol–water partition coefficient (Wildman–Crippen LogP) is 2.07. The number of methoxy groups -OCH3 is 1. The maximum atomic E-state index is 5.40. The third-order valence-corrected chi connectivity index (χ3v) is 2.34. The second-order valence-corrected chi connectivity index (χ2v) is 3.63. The number of likely N-dealkylation sites (N-methyl/N-ethyl adjacent to an activating group) is 1. The summed E-state index contributed by atoms with van der Waals surface area (Å²) in [5.74, 6) is 1.03. The minimum absolute atomic E-state index is 0.985. The van der Waals surface area contributed by atoms with Crippen LogP contribution >= 0.6 is 0 Å². The molecule has 0 saturated carbocycles. The molecule has 0 aliphatic heterocycles. The molecule has 2 nitrogen and oxygen atoms in total. The van der Waals surface area contributed by atoms with Crippen LogP contribution < -0.4 is 10.1 Å². The van der Waals surface area contributed by atoms with Crippen molar-refractivity contribution < 1.29 is 4.74 Å². The Hall–Kier alpha value is -1.02. The van der Waals surface area contributed by atoms with Gasteiger partial charge in [-0.2, -0.15) is 0 Å². The van der Waals surface area contributed by atoms with E-state index in [1.54, 1.807) is 7.11 Å². The fourth-order valence-corrected chi connectivity index (χ4v) is 1.78. The van der Waals surface area contributed by atoms with Crippen molar-refractivity contribution in [3.05, 3.63) is 28.8 Å². The molecule has 0 unspecified atom stereocenters. The number of hydrogen-bond acceptors (Lipinski definition) is 2. The lowest BCUT2D eigenvalue weighted by atomic mass is 10.0. The Morgan fingerprint density at radius 3 is 2.57 bits per heavy atom. The molecule has 0 heterocycles.